The van der Waals surface area contributed by atoms with E-state index in [-0.39, 0.29) is 12.4 Å². The van der Waals surface area contributed by atoms with E-state index in [1.165, 1.54) is 90.0 Å². The number of carbonyl (C=O) groups is 1. The van der Waals surface area contributed by atoms with Crippen molar-refractivity contribution in [1.29, 1.82) is 0 Å². The summed E-state index contributed by atoms with van der Waals surface area (Å²) >= 11 is 0. The first-order valence-corrected chi connectivity index (χ1v) is 10.9. The third-order valence-corrected chi connectivity index (χ3v) is 5.42. The summed E-state index contributed by atoms with van der Waals surface area (Å²) in [5.41, 5.74) is 0. The molecule has 0 aliphatic carbocycles. The Kier molecular flexibility index (Phi) is 17.0. The zero-order chi connectivity index (χ0) is 17.5. The first kappa shape index (κ1) is 24.7. The highest BCUT2D eigenvalue weighted by Crippen LogP contribution is 2.12. The van der Waals surface area contributed by atoms with Gasteiger partial charge in [0.1, 0.15) is 0 Å². The number of amides is 1. The molecule has 0 aromatic carbocycles. The standard InChI is InChI=1S/C21H42N2O.ClH/c1-3-4-5-6-7-8-9-10-11-12-13-15-18-22-20(2)23-19-16-14-17-21(23)24;/h20,22H,3-19H2,1-2H3;1H. The smallest absolute Gasteiger partial charge is 0.227 e. The third-order valence-electron chi connectivity index (χ3n) is 5.42. The number of halogens is 1. The number of carbonyl (C=O) groups excluding carboxylic acids is 1. The van der Waals surface area contributed by atoms with E-state index in [4.69, 9.17) is 0 Å². The Morgan fingerprint density at radius 2 is 1.40 bits per heavy atom. The minimum Gasteiger partial charge on any atom is -1.00 e. The maximum absolute atomic E-state index is 11.9. The predicted octanol–water partition coefficient (Wildman–Crippen LogP) is 1.61. The molecule has 0 saturated carbocycles. The van der Waals surface area contributed by atoms with E-state index in [0.717, 1.165) is 19.4 Å². The second-order valence-electron chi connectivity index (χ2n) is 7.70. The lowest BCUT2D eigenvalue weighted by Gasteiger charge is -2.30. The van der Waals surface area contributed by atoms with Crippen molar-refractivity contribution in [3.05, 3.63) is 0 Å². The Morgan fingerprint density at radius 1 is 0.880 bits per heavy atom. The zero-order valence-corrected chi connectivity index (χ0v) is 17.7. The Labute approximate surface area is 163 Å². The molecule has 1 atom stereocenters. The van der Waals surface area contributed by atoms with Gasteiger partial charge in [0.05, 0.1) is 6.54 Å². The minimum absolute atomic E-state index is 0. The molecule has 1 aliphatic rings. The van der Waals surface area contributed by atoms with Crippen LogP contribution >= 0.6 is 0 Å². The molecule has 1 unspecified atom stereocenters. The highest BCUT2D eigenvalue weighted by Gasteiger charge is 2.24. The van der Waals surface area contributed by atoms with Crippen LogP contribution in [0.25, 0.3) is 0 Å². The van der Waals surface area contributed by atoms with Crippen molar-refractivity contribution in [1.82, 2.24) is 4.90 Å². The molecule has 1 amide bonds. The van der Waals surface area contributed by atoms with Crippen LogP contribution in [-0.4, -0.2) is 30.1 Å². The Morgan fingerprint density at radius 3 is 1.92 bits per heavy atom. The number of rotatable bonds is 15. The minimum atomic E-state index is 0. The third kappa shape index (κ3) is 12.7. The monoisotopic (exact) mass is 374 g/mol. The van der Waals surface area contributed by atoms with E-state index < -0.39 is 0 Å². The van der Waals surface area contributed by atoms with Crippen molar-refractivity contribution < 1.29 is 22.5 Å². The summed E-state index contributed by atoms with van der Waals surface area (Å²) in [7, 11) is 0. The number of hydrogen-bond donors (Lipinski definition) is 1. The van der Waals surface area contributed by atoms with Crippen LogP contribution in [0, 0.1) is 0 Å². The fraction of sp³-hybridized carbons (Fsp3) is 0.952. The second kappa shape index (κ2) is 17.1. The summed E-state index contributed by atoms with van der Waals surface area (Å²) < 4.78 is 0. The van der Waals surface area contributed by atoms with Gasteiger partial charge in [0.25, 0.3) is 0 Å². The molecule has 0 aromatic heterocycles. The summed E-state index contributed by atoms with van der Waals surface area (Å²) in [6, 6.07) is 0. The largest absolute Gasteiger partial charge is 1.00 e. The molecule has 25 heavy (non-hydrogen) atoms. The number of likely N-dealkylation sites (tertiary alicyclic amines) is 1. The van der Waals surface area contributed by atoms with Gasteiger partial charge in [-0.05, 0) is 25.7 Å². The first-order valence-electron chi connectivity index (χ1n) is 10.9. The molecule has 150 valence electrons. The van der Waals surface area contributed by atoms with E-state index in [1.807, 2.05) is 0 Å². The van der Waals surface area contributed by atoms with Gasteiger partial charge in [0.15, 0.2) is 6.17 Å². The summed E-state index contributed by atoms with van der Waals surface area (Å²) in [6.07, 6.45) is 20.2. The van der Waals surface area contributed by atoms with Crippen LogP contribution in [-0.2, 0) is 4.79 Å². The number of hydrogen-bond acceptors (Lipinski definition) is 1. The molecule has 0 aromatic rings. The van der Waals surface area contributed by atoms with Crippen molar-refractivity contribution in [2.24, 2.45) is 0 Å². The molecule has 0 radical (unpaired) electrons. The van der Waals surface area contributed by atoms with Gasteiger partial charge in [-0.1, -0.05) is 71.1 Å². The lowest BCUT2D eigenvalue weighted by Crippen LogP contribution is -3.00. The van der Waals surface area contributed by atoms with Gasteiger partial charge in [0.2, 0.25) is 5.91 Å². The highest BCUT2D eigenvalue weighted by molar-refractivity contribution is 5.76. The normalized spacial score (nSPS) is 15.9. The Hall–Kier alpha value is -0.280. The number of quaternary nitrogens is 1. The van der Waals surface area contributed by atoms with Crippen LogP contribution in [0.2, 0.25) is 0 Å². The average molecular weight is 375 g/mol. The molecule has 0 spiro atoms. The maximum Gasteiger partial charge on any atom is 0.227 e. The molecular formula is C21H43ClN2O. The van der Waals surface area contributed by atoms with Gasteiger partial charge in [-0.3, -0.25) is 9.69 Å². The molecule has 1 saturated heterocycles. The van der Waals surface area contributed by atoms with Gasteiger partial charge in [-0.25, -0.2) is 0 Å². The Bertz CT molecular complexity index is 312. The van der Waals surface area contributed by atoms with Crippen LogP contribution in [0.5, 0.6) is 0 Å². The zero-order valence-electron chi connectivity index (χ0n) is 16.9. The van der Waals surface area contributed by atoms with Gasteiger partial charge >= 0.3 is 0 Å². The number of nitrogens with two attached hydrogens (primary N) is 1. The van der Waals surface area contributed by atoms with Gasteiger partial charge in [0, 0.05) is 19.9 Å². The SMILES string of the molecule is CCCCCCCCCCCCCC[NH2+]C(C)N1CCCCC1=O.[Cl-]. The molecule has 1 rings (SSSR count). The van der Waals surface area contributed by atoms with Crippen LogP contribution in [0.3, 0.4) is 0 Å². The van der Waals surface area contributed by atoms with Crippen molar-refractivity contribution in [2.75, 3.05) is 13.1 Å². The van der Waals surface area contributed by atoms with Crippen molar-refractivity contribution in [3.63, 3.8) is 0 Å². The summed E-state index contributed by atoms with van der Waals surface area (Å²) in [5, 5.41) is 2.36. The van der Waals surface area contributed by atoms with Crippen molar-refractivity contribution in [2.45, 2.75) is 116 Å². The predicted molar refractivity (Wildman–Crippen MR) is 103 cm³/mol. The molecule has 3 nitrogen and oxygen atoms in total. The van der Waals surface area contributed by atoms with Gasteiger partial charge in [-0.2, -0.15) is 0 Å². The van der Waals surface area contributed by atoms with Crippen molar-refractivity contribution >= 4 is 5.91 Å². The number of nitrogens with zero attached hydrogens (tertiary/aromatic N) is 1. The molecule has 1 fully saturated rings. The molecule has 1 aliphatic heterocycles. The van der Waals surface area contributed by atoms with E-state index >= 15 is 0 Å². The number of piperidine rings is 1. The quantitative estimate of drug-likeness (QED) is 0.434. The van der Waals surface area contributed by atoms with Gasteiger partial charge in [-0.15, -0.1) is 0 Å². The van der Waals surface area contributed by atoms with Crippen LogP contribution in [0.4, 0.5) is 0 Å². The molecular weight excluding hydrogens is 332 g/mol. The second-order valence-corrected chi connectivity index (χ2v) is 7.70. The fourth-order valence-corrected chi connectivity index (χ4v) is 3.73. The highest BCUT2D eigenvalue weighted by atomic mass is 35.5. The van der Waals surface area contributed by atoms with Crippen LogP contribution < -0.4 is 17.7 Å². The lowest BCUT2D eigenvalue weighted by atomic mass is 10.1. The average Bonchev–Trinajstić information content (AvgIpc) is 2.59. The molecule has 1 heterocycles. The van der Waals surface area contributed by atoms with Crippen LogP contribution in [0.15, 0.2) is 0 Å². The molecule has 0 bridgehead atoms. The van der Waals surface area contributed by atoms with Gasteiger partial charge < -0.3 is 17.7 Å². The van der Waals surface area contributed by atoms with E-state index in [2.05, 4.69) is 24.1 Å². The van der Waals surface area contributed by atoms with Crippen LogP contribution in [0.1, 0.15) is 110 Å². The van der Waals surface area contributed by atoms with Crippen molar-refractivity contribution in [3.8, 4) is 0 Å². The summed E-state index contributed by atoms with van der Waals surface area (Å²) in [5.74, 6) is 0.361. The lowest BCUT2D eigenvalue weighted by molar-refractivity contribution is -0.703. The summed E-state index contributed by atoms with van der Waals surface area (Å²) in [4.78, 5) is 13.9. The van der Waals surface area contributed by atoms with E-state index in [0.29, 0.717) is 12.1 Å². The first-order chi connectivity index (χ1) is 11.8. The van der Waals surface area contributed by atoms with E-state index in [1.54, 1.807) is 0 Å². The molecule has 4 heteroatoms. The summed E-state index contributed by atoms with van der Waals surface area (Å²) in [6.45, 7) is 6.60. The molecule has 2 N–H and O–H groups in total. The maximum atomic E-state index is 11.9. The fourth-order valence-electron chi connectivity index (χ4n) is 3.73. The Balaban J connectivity index is 0.00000576. The number of unbranched alkanes of at least 4 members (excludes halogenated alkanes) is 11. The van der Waals surface area contributed by atoms with E-state index in [9.17, 15) is 4.79 Å². The topological polar surface area (TPSA) is 36.9 Å².